The third-order valence-electron chi connectivity index (χ3n) is 5.47. The lowest BCUT2D eigenvalue weighted by molar-refractivity contribution is -0.129. The van der Waals surface area contributed by atoms with Gasteiger partial charge in [0.05, 0.1) is 12.1 Å². The monoisotopic (exact) mass is 354 g/mol. The summed E-state index contributed by atoms with van der Waals surface area (Å²) in [5.74, 6) is 1.23. The van der Waals surface area contributed by atoms with E-state index >= 15 is 0 Å². The highest BCUT2D eigenvalue weighted by atomic mass is 16.2. The highest BCUT2D eigenvalue weighted by Crippen LogP contribution is 2.27. The number of aromatic nitrogens is 1. The maximum Gasteiger partial charge on any atom is 0.236 e. The van der Waals surface area contributed by atoms with Gasteiger partial charge in [-0.05, 0) is 49.9 Å². The van der Waals surface area contributed by atoms with Crippen LogP contribution in [0.2, 0.25) is 0 Å². The Morgan fingerprint density at radius 2 is 1.85 bits per heavy atom. The van der Waals surface area contributed by atoms with Gasteiger partial charge in [-0.2, -0.15) is 0 Å². The highest BCUT2D eigenvalue weighted by molar-refractivity contribution is 5.87. The number of hydrogen-bond donors (Lipinski definition) is 0. The van der Waals surface area contributed by atoms with Gasteiger partial charge in [-0.3, -0.25) is 9.69 Å². The molecule has 0 bridgehead atoms. The van der Waals surface area contributed by atoms with Crippen LogP contribution < -0.4 is 4.90 Å². The summed E-state index contributed by atoms with van der Waals surface area (Å²) in [5.41, 5.74) is 4.94. The Labute approximate surface area is 156 Å². The van der Waals surface area contributed by atoms with Crippen LogP contribution in [0.3, 0.4) is 0 Å². The van der Waals surface area contributed by atoms with Crippen LogP contribution >= 0.6 is 0 Å². The molecule has 1 fully saturated rings. The van der Waals surface area contributed by atoms with Crippen molar-refractivity contribution in [2.45, 2.75) is 27.2 Å². The first-order valence-corrected chi connectivity index (χ1v) is 9.42. The number of nitrogens with zero attached hydrogens (tertiary/aromatic N) is 4. The number of fused-ring (bicyclic) bond motifs is 1. The number of anilines is 1. The average molecular weight is 354 g/mol. The molecule has 0 atom stereocenters. The molecule has 0 N–H and O–H groups in total. The number of pyridine rings is 1. The lowest BCUT2D eigenvalue weighted by atomic mass is 10.0. The fourth-order valence-corrected chi connectivity index (χ4v) is 3.53. The molecule has 1 saturated heterocycles. The molecule has 1 aliphatic heterocycles. The molecule has 2 heterocycles. The minimum absolute atomic E-state index is 0.171. The zero-order chi connectivity index (χ0) is 18.8. The second-order valence-electron chi connectivity index (χ2n) is 7.61. The van der Waals surface area contributed by atoms with Crippen molar-refractivity contribution in [2.24, 2.45) is 0 Å². The molecule has 140 valence electrons. The summed E-state index contributed by atoms with van der Waals surface area (Å²) in [6, 6.07) is 6.57. The summed E-state index contributed by atoms with van der Waals surface area (Å²) in [4.78, 5) is 23.3. The maximum atomic E-state index is 12.0. The minimum atomic E-state index is 0.171. The largest absolute Gasteiger partial charge is 0.355 e. The Balaban J connectivity index is 1.81. The van der Waals surface area contributed by atoms with Crippen LogP contribution in [0.1, 0.15) is 23.1 Å². The van der Waals surface area contributed by atoms with Crippen LogP contribution in [0, 0.1) is 20.8 Å². The van der Waals surface area contributed by atoms with Crippen molar-refractivity contribution in [3.63, 3.8) is 0 Å². The summed E-state index contributed by atoms with van der Waals surface area (Å²) in [6.45, 7) is 10.7. The van der Waals surface area contributed by atoms with Crippen molar-refractivity contribution in [3.8, 4) is 0 Å². The molecular formula is C21H30N4O. The minimum Gasteiger partial charge on any atom is -0.355 e. The molecule has 26 heavy (non-hydrogen) atoms. The summed E-state index contributed by atoms with van der Waals surface area (Å²) in [6.07, 6.45) is 1.05. The molecule has 2 aromatic rings. The molecule has 3 rings (SSSR count). The van der Waals surface area contributed by atoms with Crippen LogP contribution in [-0.2, 0) is 4.79 Å². The second-order valence-corrected chi connectivity index (χ2v) is 7.61. The Bertz CT molecular complexity index is 815. The Hall–Kier alpha value is -2.14. The van der Waals surface area contributed by atoms with Crippen LogP contribution in [0.25, 0.3) is 10.9 Å². The summed E-state index contributed by atoms with van der Waals surface area (Å²) in [7, 11) is 3.64. The topological polar surface area (TPSA) is 39.7 Å². The van der Waals surface area contributed by atoms with Crippen LogP contribution in [0.15, 0.2) is 18.2 Å². The molecule has 0 spiro atoms. The van der Waals surface area contributed by atoms with Gasteiger partial charge in [-0.15, -0.1) is 0 Å². The predicted octanol–water partition coefficient (Wildman–Crippen LogP) is 2.76. The first-order chi connectivity index (χ1) is 12.4. The van der Waals surface area contributed by atoms with Crippen molar-refractivity contribution < 1.29 is 4.79 Å². The van der Waals surface area contributed by atoms with Gasteiger partial charge in [0.1, 0.15) is 5.82 Å². The first kappa shape index (κ1) is 18.6. The quantitative estimate of drug-likeness (QED) is 0.850. The molecule has 5 nitrogen and oxygen atoms in total. The number of hydrogen-bond acceptors (Lipinski definition) is 4. The average Bonchev–Trinajstić information content (AvgIpc) is 2.84. The van der Waals surface area contributed by atoms with E-state index in [2.05, 4.69) is 48.8 Å². The van der Waals surface area contributed by atoms with E-state index in [-0.39, 0.29) is 5.91 Å². The molecule has 0 aliphatic carbocycles. The molecule has 0 radical (unpaired) electrons. The molecule has 0 saturated carbocycles. The molecule has 1 aliphatic rings. The second kappa shape index (κ2) is 7.62. The normalized spacial score (nSPS) is 16.0. The van der Waals surface area contributed by atoms with Crippen molar-refractivity contribution in [2.75, 3.05) is 51.7 Å². The fourth-order valence-electron chi connectivity index (χ4n) is 3.53. The van der Waals surface area contributed by atoms with Crippen molar-refractivity contribution >= 4 is 22.6 Å². The number of amides is 1. The predicted molar refractivity (Wildman–Crippen MR) is 108 cm³/mol. The Kier molecular flexibility index (Phi) is 5.47. The summed E-state index contributed by atoms with van der Waals surface area (Å²) < 4.78 is 0. The number of rotatable bonds is 3. The third-order valence-corrected chi connectivity index (χ3v) is 5.47. The smallest absolute Gasteiger partial charge is 0.236 e. The number of aryl methyl sites for hydroxylation is 3. The van der Waals surface area contributed by atoms with Gasteiger partial charge < -0.3 is 9.80 Å². The molecule has 0 unspecified atom stereocenters. The molecule has 5 heteroatoms. The highest BCUT2D eigenvalue weighted by Gasteiger charge is 2.19. The van der Waals surface area contributed by atoms with Crippen molar-refractivity contribution in [1.82, 2.24) is 14.8 Å². The van der Waals surface area contributed by atoms with Gasteiger partial charge in [-0.1, -0.05) is 12.1 Å². The SMILES string of the molecule is Cc1ccc2c(C)cc(N3CCCN(CC(=O)N(C)C)CC3)nc2c1C. The van der Waals surface area contributed by atoms with Gasteiger partial charge in [0, 0.05) is 45.7 Å². The summed E-state index contributed by atoms with van der Waals surface area (Å²) in [5, 5.41) is 1.24. The van der Waals surface area contributed by atoms with E-state index in [0.717, 1.165) is 43.9 Å². The zero-order valence-corrected chi connectivity index (χ0v) is 16.7. The van der Waals surface area contributed by atoms with Gasteiger partial charge in [0.2, 0.25) is 5.91 Å². The molecule has 1 aromatic carbocycles. The third kappa shape index (κ3) is 3.83. The van der Waals surface area contributed by atoms with Crippen LogP contribution in [-0.4, -0.2) is 67.5 Å². The number of likely N-dealkylation sites (N-methyl/N-ethyl adjacent to an activating group) is 1. The lowest BCUT2D eigenvalue weighted by Gasteiger charge is -2.24. The maximum absolute atomic E-state index is 12.0. The fraction of sp³-hybridized carbons (Fsp3) is 0.524. The number of carbonyl (C=O) groups excluding carboxylic acids is 1. The lowest BCUT2D eigenvalue weighted by Crippen LogP contribution is -2.38. The van der Waals surface area contributed by atoms with E-state index in [9.17, 15) is 4.79 Å². The van der Waals surface area contributed by atoms with Gasteiger partial charge >= 0.3 is 0 Å². The van der Waals surface area contributed by atoms with Crippen molar-refractivity contribution in [3.05, 3.63) is 34.9 Å². The molecule has 1 amide bonds. The van der Waals surface area contributed by atoms with E-state index in [0.29, 0.717) is 6.54 Å². The van der Waals surface area contributed by atoms with Gasteiger partial charge in [0.25, 0.3) is 0 Å². The van der Waals surface area contributed by atoms with Gasteiger partial charge in [-0.25, -0.2) is 4.98 Å². The number of carbonyl (C=O) groups is 1. The molecular weight excluding hydrogens is 324 g/mol. The standard InChI is InChI=1S/C21H30N4O/c1-15-7-8-18-16(2)13-19(22-21(18)17(15)3)25-10-6-9-24(11-12-25)14-20(26)23(4)5/h7-8,13H,6,9-12,14H2,1-5H3. The zero-order valence-electron chi connectivity index (χ0n) is 16.7. The summed E-state index contributed by atoms with van der Waals surface area (Å²) >= 11 is 0. The van der Waals surface area contributed by atoms with E-state index in [1.165, 1.54) is 22.1 Å². The van der Waals surface area contributed by atoms with E-state index in [1.807, 2.05) is 14.1 Å². The van der Waals surface area contributed by atoms with E-state index in [4.69, 9.17) is 4.98 Å². The van der Waals surface area contributed by atoms with Crippen LogP contribution in [0.4, 0.5) is 5.82 Å². The number of benzene rings is 1. The Morgan fingerprint density at radius 3 is 2.58 bits per heavy atom. The first-order valence-electron chi connectivity index (χ1n) is 9.42. The van der Waals surface area contributed by atoms with Crippen molar-refractivity contribution in [1.29, 1.82) is 0 Å². The van der Waals surface area contributed by atoms with Gasteiger partial charge in [0.15, 0.2) is 0 Å². The van der Waals surface area contributed by atoms with E-state index < -0.39 is 0 Å². The molecule has 1 aromatic heterocycles. The van der Waals surface area contributed by atoms with E-state index in [1.54, 1.807) is 4.90 Å². The van der Waals surface area contributed by atoms with Crippen LogP contribution in [0.5, 0.6) is 0 Å². The Morgan fingerprint density at radius 1 is 1.08 bits per heavy atom.